The van der Waals surface area contributed by atoms with Crippen LogP contribution >= 0.6 is 0 Å². The van der Waals surface area contributed by atoms with Crippen molar-refractivity contribution in [3.8, 4) is 5.75 Å². The molecule has 0 radical (unpaired) electrons. The molecule has 43 heavy (non-hydrogen) atoms. The highest BCUT2D eigenvalue weighted by atomic mass is 16.5. The number of imidazole rings is 1. The Morgan fingerprint density at radius 1 is 0.930 bits per heavy atom. The molecule has 0 saturated heterocycles. The normalized spacial score (nSPS) is 15.6. The van der Waals surface area contributed by atoms with Gasteiger partial charge in [0.15, 0.2) is 6.61 Å². The van der Waals surface area contributed by atoms with E-state index in [2.05, 4.69) is 25.9 Å². The van der Waals surface area contributed by atoms with Crippen molar-refractivity contribution in [2.45, 2.75) is 85.1 Å². The predicted octanol–water partition coefficient (Wildman–Crippen LogP) is 1.73. The number of hydrogen-bond donors (Lipinski definition) is 6. The first-order chi connectivity index (χ1) is 20.3. The number of aliphatic hydroxyl groups is 2. The maximum atomic E-state index is 13.6. The Hall–Kier alpha value is -3.77. The molecule has 6 atom stereocenters. The van der Waals surface area contributed by atoms with E-state index < -0.39 is 65.7 Å². The molecule has 1 aromatic heterocycles. The third-order valence-corrected chi connectivity index (χ3v) is 7.24. The van der Waals surface area contributed by atoms with Gasteiger partial charge in [0, 0.05) is 18.5 Å². The van der Waals surface area contributed by atoms with Gasteiger partial charge < -0.3 is 30.6 Å². The molecule has 1 heterocycles. The monoisotopic (exact) mass is 601 g/mol. The van der Waals surface area contributed by atoms with Crippen molar-refractivity contribution in [2.24, 2.45) is 23.7 Å². The zero-order valence-corrected chi connectivity index (χ0v) is 25.9. The largest absolute Gasteiger partial charge is 0.484 e. The van der Waals surface area contributed by atoms with Crippen LogP contribution in [0.25, 0.3) is 0 Å². The minimum absolute atomic E-state index is 0.0101. The highest BCUT2D eigenvalue weighted by Gasteiger charge is 2.40. The average molecular weight is 602 g/mol. The maximum absolute atomic E-state index is 13.6. The molecule has 0 aliphatic heterocycles. The van der Waals surface area contributed by atoms with Crippen LogP contribution in [0.5, 0.6) is 5.75 Å². The number of para-hydroxylation sites is 1. The molecule has 238 valence electrons. The Labute approximate surface area is 253 Å². The molecular formula is C31H47N5O7. The van der Waals surface area contributed by atoms with Gasteiger partial charge in [-0.15, -0.1) is 0 Å². The van der Waals surface area contributed by atoms with Gasteiger partial charge in [0.25, 0.3) is 5.91 Å². The van der Waals surface area contributed by atoms with Gasteiger partial charge >= 0.3 is 0 Å². The molecule has 0 fully saturated rings. The highest BCUT2D eigenvalue weighted by Crippen LogP contribution is 2.23. The number of carbonyl (C=O) groups excluding carboxylic acids is 4. The number of benzene rings is 1. The minimum Gasteiger partial charge on any atom is -0.484 e. The molecule has 0 aliphatic carbocycles. The second-order valence-corrected chi connectivity index (χ2v) is 11.6. The summed E-state index contributed by atoms with van der Waals surface area (Å²) in [5.74, 6) is -3.76. The second-order valence-electron chi connectivity index (χ2n) is 11.6. The Morgan fingerprint density at radius 2 is 1.60 bits per heavy atom. The van der Waals surface area contributed by atoms with Crippen molar-refractivity contribution in [3.63, 3.8) is 0 Å². The average Bonchev–Trinajstić information content (AvgIpc) is 3.47. The van der Waals surface area contributed by atoms with Crippen LogP contribution in [0, 0.1) is 23.7 Å². The lowest BCUT2D eigenvalue weighted by Crippen LogP contribution is -2.58. The summed E-state index contributed by atoms with van der Waals surface area (Å²) in [6.45, 7) is 10.4. The summed E-state index contributed by atoms with van der Waals surface area (Å²) in [4.78, 5) is 58.7. The molecule has 4 amide bonds. The Morgan fingerprint density at radius 3 is 2.16 bits per heavy atom. The van der Waals surface area contributed by atoms with Gasteiger partial charge in [0.1, 0.15) is 17.9 Å². The summed E-state index contributed by atoms with van der Waals surface area (Å²) in [7, 11) is 0. The van der Waals surface area contributed by atoms with Crippen molar-refractivity contribution >= 4 is 23.6 Å². The smallest absolute Gasteiger partial charge is 0.258 e. The number of H-pyrrole nitrogens is 1. The van der Waals surface area contributed by atoms with Gasteiger partial charge in [-0.2, -0.15) is 0 Å². The Balaban J connectivity index is 2.21. The first-order valence-corrected chi connectivity index (χ1v) is 14.8. The lowest BCUT2D eigenvalue weighted by Gasteiger charge is -2.34. The van der Waals surface area contributed by atoms with Crippen molar-refractivity contribution in [1.29, 1.82) is 0 Å². The fourth-order valence-electron chi connectivity index (χ4n) is 4.61. The number of ether oxygens (including phenoxy) is 1. The maximum Gasteiger partial charge on any atom is 0.258 e. The molecule has 0 spiro atoms. The molecule has 0 bridgehead atoms. The van der Waals surface area contributed by atoms with E-state index in [1.807, 2.05) is 26.8 Å². The zero-order valence-electron chi connectivity index (χ0n) is 25.9. The van der Waals surface area contributed by atoms with Crippen LogP contribution in [0.3, 0.4) is 0 Å². The summed E-state index contributed by atoms with van der Waals surface area (Å²) < 4.78 is 5.51. The number of nitrogens with one attached hydrogen (secondary N) is 4. The van der Waals surface area contributed by atoms with Crippen molar-refractivity contribution < 1.29 is 34.1 Å². The van der Waals surface area contributed by atoms with Crippen molar-refractivity contribution in [3.05, 3.63) is 48.5 Å². The fourth-order valence-corrected chi connectivity index (χ4v) is 4.61. The lowest BCUT2D eigenvalue weighted by molar-refractivity contribution is -0.142. The number of aromatic nitrogens is 2. The molecule has 0 unspecified atom stereocenters. The first kappa shape index (κ1) is 35.4. The van der Waals surface area contributed by atoms with E-state index in [1.165, 1.54) is 6.33 Å². The molecule has 2 aromatic rings. The van der Waals surface area contributed by atoms with Crippen molar-refractivity contribution in [1.82, 2.24) is 25.9 Å². The summed E-state index contributed by atoms with van der Waals surface area (Å²) in [6, 6.07) is 6.72. The highest BCUT2D eigenvalue weighted by molar-refractivity contribution is 5.97. The summed E-state index contributed by atoms with van der Waals surface area (Å²) in [5.41, 5.74) is 0.521. The van der Waals surface area contributed by atoms with E-state index in [0.717, 1.165) is 0 Å². The van der Waals surface area contributed by atoms with Gasteiger partial charge in [0.05, 0.1) is 30.1 Å². The number of rotatable bonds is 17. The van der Waals surface area contributed by atoms with Gasteiger partial charge in [-0.1, -0.05) is 59.7 Å². The molecular weight excluding hydrogens is 554 g/mol. The number of aliphatic hydroxyl groups excluding tert-OH is 2. The van der Waals surface area contributed by atoms with Crippen LogP contribution in [0.4, 0.5) is 0 Å². The van der Waals surface area contributed by atoms with Crippen LogP contribution in [-0.4, -0.2) is 74.7 Å². The molecule has 2 rings (SSSR count). The summed E-state index contributed by atoms with van der Waals surface area (Å²) >= 11 is 0. The first-order valence-electron chi connectivity index (χ1n) is 14.8. The molecule has 6 N–H and O–H groups in total. The quantitative estimate of drug-likeness (QED) is 0.158. The molecule has 1 aromatic carbocycles. The van der Waals surface area contributed by atoms with E-state index in [1.54, 1.807) is 51.2 Å². The van der Waals surface area contributed by atoms with Crippen LogP contribution in [0.2, 0.25) is 0 Å². The fraction of sp³-hybridized carbons (Fsp3) is 0.581. The van der Waals surface area contributed by atoms with E-state index in [0.29, 0.717) is 17.9 Å². The Kier molecular flexibility index (Phi) is 14.3. The lowest BCUT2D eigenvalue weighted by atomic mass is 9.82. The SMILES string of the molecule is CC[C@H](C)C(=O)NC(=O)[C@H](C(C)C)[C@@H](O)[C@H](O)[C@H](CC(C)C)NC(=O)[C@H](Cc1c[nH]cn1)NC(=O)COc1ccccc1. The standard InChI is InChI=1S/C31H47N5O7/c1-7-20(6)29(40)36-31(42)26(19(4)5)28(39)27(38)23(13-18(2)3)35-30(41)24(14-21-15-32-17-33-21)34-25(37)16-43-22-11-9-8-10-12-22/h8-12,15,17-20,23-24,26-28,38-39H,7,13-14,16H2,1-6H3,(H,32,33)(H,34,37)(H,35,41)(H,36,40,42)/t20-,23-,24-,26+,27+,28+/m0/s1. The number of imide groups is 1. The van der Waals surface area contributed by atoms with E-state index >= 15 is 0 Å². The topological polar surface area (TPSA) is 183 Å². The second kappa shape index (κ2) is 17.4. The minimum atomic E-state index is -1.59. The van der Waals surface area contributed by atoms with Crippen molar-refractivity contribution in [2.75, 3.05) is 6.61 Å². The summed E-state index contributed by atoms with van der Waals surface area (Å²) in [6.07, 6.45) is 0.766. The van der Waals surface area contributed by atoms with Crippen LogP contribution in [-0.2, 0) is 25.6 Å². The molecule has 0 aliphatic rings. The van der Waals surface area contributed by atoms with E-state index in [-0.39, 0.29) is 25.4 Å². The van der Waals surface area contributed by atoms with Gasteiger partial charge in [-0.05, 0) is 36.8 Å². The van der Waals surface area contributed by atoms with Gasteiger partial charge in [-0.25, -0.2) is 4.98 Å². The molecule has 12 nitrogen and oxygen atoms in total. The number of carbonyl (C=O) groups is 4. The van der Waals surface area contributed by atoms with E-state index in [4.69, 9.17) is 4.74 Å². The zero-order chi connectivity index (χ0) is 32.1. The predicted molar refractivity (Wildman–Crippen MR) is 160 cm³/mol. The third kappa shape index (κ3) is 11.4. The third-order valence-electron chi connectivity index (χ3n) is 7.24. The number of hydrogen-bond acceptors (Lipinski definition) is 8. The van der Waals surface area contributed by atoms with Crippen LogP contribution < -0.4 is 20.7 Å². The van der Waals surface area contributed by atoms with Gasteiger partial charge in [0.2, 0.25) is 17.7 Å². The van der Waals surface area contributed by atoms with Gasteiger partial charge in [-0.3, -0.25) is 24.5 Å². The van der Waals surface area contributed by atoms with Crippen LogP contribution in [0.1, 0.15) is 60.1 Å². The van der Waals surface area contributed by atoms with Crippen LogP contribution in [0.15, 0.2) is 42.9 Å². The van der Waals surface area contributed by atoms with E-state index in [9.17, 15) is 29.4 Å². The number of amides is 4. The number of nitrogens with zero attached hydrogens (tertiary/aromatic N) is 1. The molecule has 0 saturated carbocycles. The Bertz CT molecular complexity index is 1160. The summed E-state index contributed by atoms with van der Waals surface area (Å²) in [5, 5.41) is 30.3. The number of aromatic amines is 1. The molecule has 12 heteroatoms.